The molecule has 1 N–H and O–H groups in total. The van der Waals surface area contributed by atoms with Crippen LogP contribution in [-0.2, 0) is 0 Å². The maximum absolute atomic E-state index is 8.45. The minimum absolute atomic E-state index is 0.495. The van der Waals surface area contributed by atoms with Crippen molar-refractivity contribution in [2.24, 2.45) is 0 Å². The number of hydrogen-bond acceptors (Lipinski definition) is 3. The molecule has 14 heavy (non-hydrogen) atoms. The summed E-state index contributed by atoms with van der Waals surface area (Å²) in [4.78, 5) is 0. The summed E-state index contributed by atoms with van der Waals surface area (Å²) in [7, 11) is 0. The van der Waals surface area contributed by atoms with Gasteiger partial charge in [0, 0.05) is 5.92 Å². The van der Waals surface area contributed by atoms with Crippen molar-refractivity contribution in [3.63, 3.8) is 0 Å². The van der Waals surface area contributed by atoms with E-state index in [9.17, 15) is 0 Å². The molecule has 0 radical (unpaired) electrons. The van der Waals surface area contributed by atoms with Gasteiger partial charge in [-0.3, -0.25) is 5.10 Å². The SMILES string of the molecule is N#COc1cn[nH]c1C1CCCCC1. The van der Waals surface area contributed by atoms with Crippen molar-refractivity contribution < 1.29 is 4.74 Å². The molecule has 0 bridgehead atoms. The maximum atomic E-state index is 8.45. The van der Waals surface area contributed by atoms with Crippen LogP contribution in [0, 0.1) is 11.5 Å². The molecule has 74 valence electrons. The summed E-state index contributed by atoms with van der Waals surface area (Å²) in [6.07, 6.45) is 9.45. The highest BCUT2D eigenvalue weighted by molar-refractivity contribution is 5.28. The number of aromatic amines is 1. The van der Waals surface area contributed by atoms with Gasteiger partial charge in [-0.2, -0.15) is 5.10 Å². The summed E-state index contributed by atoms with van der Waals surface area (Å²) in [5, 5.41) is 15.3. The topological polar surface area (TPSA) is 61.7 Å². The Kier molecular flexibility index (Phi) is 2.68. The van der Waals surface area contributed by atoms with E-state index in [1.54, 1.807) is 12.5 Å². The quantitative estimate of drug-likeness (QED) is 0.729. The standard InChI is InChI=1S/C10H13N3O/c11-7-14-9-6-12-13-10(9)8-4-2-1-3-5-8/h6,8H,1-5H2,(H,12,13). The van der Waals surface area contributed by atoms with Gasteiger partial charge in [-0.25, -0.2) is 0 Å². The molecule has 1 fully saturated rings. The molecular formula is C10H13N3O. The minimum atomic E-state index is 0.495. The van der Waals surface area contributed by atoms with Gasteiger partial charge in [0.1, 0.15) is 0 Å². The number of aromatic nitrogens is 2. The predicted molar refractivity (Wildman–Crippen MR) is 50.7 cm³/mol. The van der Waals surface area contributed by atoms with E-state index < -0.39 is 0 Å². The third-order valence-electron chi connectivity index (χ3n) is 2.80. The number of nitriles is 1. The van der Waals surface area contributed by atoms with Crippen molar-refractivity contribution in [2.75, 3.05) is 0 Å². The number of H-pyrrole nitrogens is 1. The zero-order valence-electron chi connectivity index (χ0n) is 7.99. The molecule has 1 aromatic rings. The van der Waals surface area contributed by atoms with Crippen LogP contribution in [0.4, 0.5) is 0 Å². The van der Waals surface area contributed by atoms with Crippen LogP contribution in [0.5, 0.6) is 5.75 Å². The van der Waals surface area contributed by atoms with Gasteiger partial charge < -0.3 is 4.74 Å². The lowest BCUT2D eigenvalue weighted by Gasteiger charge is -2.20. The fourth-order valence-corrected chi connectivity index (χ4v) is 2.10. The molecule has 1 heterocycles. The summed E-state index contributed by atoms with van der Waals surface area (Å²) in [5.74, 6) is 1.09. The molecule has 2 rings (SSSR count). The normalized spacial score (nSPS) is 17.6. The minimum Gasteiger partial charge on any atom is -0.384 e. The average Bonchev–Trinajstić information content (AvgIpc) is 2.68. The summed E-state index contributed by atoms with van der Waals surface area (Å²) in [6, 6.07) is 0. The molecule has 0 aliphatic heterocycles. The van der Waals surface area contributed by atoms with Crippen LogP contribution in [0.15, 0.2) is 6.20 Å². The van der Waals surface area contributed by atoms with Crippen molar-refractivity contribution in [3.8, 4) is 12.0 Å². The summed E-state index contributed by atoms with van der Waals surface area (Å²) in [5.41, 5.74) is 0.992. The molecule has 4 nitrogen and oxygen atoms in total. The molecule has 0 saturated heterocycles. The molecule has 1 aromatic heterocycles. The Labute approximate surface area is 82.9 Å². The van der Waals surface area contributed by atoms with Gasteiger partial charge in [-0.1, -0.05) is 19.3 Å². The van der Waals surface area contributed by atoms with Crippen molar-refractivity contribution in [3.05, 3.63) is 11.9 Å². The molecule has 0 atom stereocenters. The Morgan fingerprint density at radius 3 is 2.93 bits per heavy atom. The van der Waals surface area contributed by atoms with E-state index in [-0.39, 0.29) is 0 Å². The molecule has 0 spiro atoms. The first-order valence-corrected chi connectivity index (χ1v) is 5.01. The van der Waals surface area contributed by atoms with Crippen LogP contribution in [0.1, 0.15) is 43.7 Å². The smallest absolute Gasteiger partial charge is 0.292 e. The number of ether oxygens (including phenoxy) is 1. The van der Waals surface area contributed by atoms with E-state index in [0.29, 0.717) is 11.7 Å². The third kappa shape index (κ3) is 1.72. The lowest BCUT2D eigenvalue weighted by atomic mass is 9.87. The molecule has 1 aliphatic rings. The van der Waals surface area contributed by atoms with Crippen LogP contribution in [0.3, 0.4) is 0 Å². The molecule has 0 unspecified atom stereocenters. The van der Waals surface area contributed by atoms with Crippen LogP contribution < -0.4 is 4.74 Å². The first kappa shape index (κ1) is 9.07. The molecule has 1 saturated carbocycles. The molecule has 1 aliphatic carbocycles. The van der Waals surface area contributed by atoms with Crippen LogP contribution in [0.25, 0.3) is 0 Å². The second-order valence-electron chi connectivity index (χ2n) is 3.68. The van der Waals surface area contributed by atoms with Crippen LogP contribution in [-0.4, -0.2) is 10.2 Å². The van der Waals surface area contributed by atoms with E-state index in [2.05, 4.69) is 10.2 Å². The van der Waals surface area contributed by atoms with Gasteiger partial charge >= 0.3 is 0 Å². The second kappa shape index (κ2) is 4.14. The fourth-order valence-electron chi connectivity index (χ4n) is 2.10. The first-order chi connectivity index (χ1) is 6.92. The van der Waals surface area contributed by atoms with E-state index in [1.807, 2.05) is 0 Å². The lowest BCUT2D eigenvalue weighted by molar-refractivity contribution is 0.419. The zero-order chi connectivity index (χ0) is 9.80. The average molecular weight is 191 g/mol. The Morgan fingerprint density at radius 2 is 2.21 bits per heavy atom. The highest BCUT2D eigenvalue weighted by Crippen LogP contribution is 2.35. The van der Waals surface area contributed by atoms with E-state index in [1.165, 1.54) is 32.1 Å². The molecule has 4 heteroatoms. The van der Waals surface area contributed by atoms with Crippen molar-refractivity contribution >= 4 is 0 Å². The number of nitrogens with zero attached hydrogens (tertiary/aromatic N) is 2. The van der Waals surface area contributed by atoms with E-state index in [4.69, 9.17) is 10.00 Å². The first-order valence-electron chi connectivity index (χ1n) is 5.01. The van der Waals surface area contributed by atoms with Crippen molar-refractivity contribution in [2.45, 2.75) is 38.0 Å². The second-order valence-corrected chi connectivity index (χ2v) is 3.68. The van der Waals surface area contributed by atoms with Crippen molar-refractivity contribution in [1.82, 2.24) is 10.2 Å². The highest BCUT2D eigenvalue weighted by Gasteiger charge is 2.21. The number of rotatable bonds is 2. The van der Waals surface area contributed by atoms with Gasteiger partial charge in [0.2, 0.25) is 0 Å². The van der Waals surface area contributed by atoms with Gasteiger partial charge in [0.15, 0.2) is 5.75 Å². The van der Waals surface area contributed by atoms with Crippen LogP contribution in [0.2, 0.25) is 0 Å². The van der Waals surface area contributed by atoms with Crippen LogP contribution >= 0.6 is 0 Å². The Balaban J connectivity index is 2.13. The Bertz CT molecular complexity index is 333. The summed E-state index contributed by atoms with van der Waals surface area (Å²) in [6.45, 7) is 0. The fraction of sp³-hybridized carbons (Fsp3) is 0.600. The highest BCUT2D eigenvalue weighted by atomic mass is 16.5. The van der Waals surface area contributed by atoms with Crippen molar-refractivity contribution in [1.29, 1.82) is 5.26 Å². The largest absolute Gasteiger partial charge is 0.384 e. The molecule has 0 amide bonds. The number of nitrogens with one attached hydrogen (secondary N) is 1. The van der Waals surface area contributed by atoms with Gasteiger partial charge in [0.05, 0.1) is 11.9 Å². The zero-order valence-corrected chi connectivity index (χ0v) is 7.99. The predicted octanol–water partition coefficient (Wildman–Crippen LogP) is 2.32. The van der Waals surface area contributed by atoms with E-state index in [0.717, 1.165) is 5.69 Å². The molecular weight excluding hydrogens is 178 g/mol. The van der Waals surface area contributed by atoms with Gasteiger partial charge in [0.25, 0.3) is 6.26 Å². The summed E-state index contributed by atoms with van der Waals surface area (Å²) >= 11 is 0. The van der Waals surface area contributed by atoms with Gasteiger partial charge in [-0.15, -0.1) is 5.26 Å². The third-order valence-corrected chi connectivity index (χ3v) is 2.80. The number of hydrogen-bond donors (Lipinski definition) is 1. The Hall–Kier alpha value is -1.50. The maximum Gasteiger partial charge on any atom is 0.292 e. The summed E-state index contributed by atoms with van der Waals surface area (Å²) < 4.78 is 4.84. The Morgan fingerprint density at radius 1 is 1.43 bits per heavy atom. The monoisotopic (exact) mass is 191 g/mol. The lowest BCUT2D eigenvalue weighted by Crippen LogP contribution is -2.06. The molecule has 0 aromatic carbocycles. The van der Waals surface area contributed by atoms with Gasteiger partial charge in [-0.05, 0) is 12.8 Å². The van der Waals surface area contributed by atoms with E-state index >= 15 is 0 Å².